The molecule has 0 aromatic heterocycles. The third kappa shape index (κ3) is 4.94. The van der Waals surface area contributed by atoms with Crippen LogP contribution in [-0.4, -0.2) is 49.5 Å². The van der Waals surface area contributed by atoms with E-state index < -0.39 is 34.8 Å². The van der Waals surface area contributed by atoms with E-state index in [9.17, 15) is 34.8 Å². The molecule has 0 saturated carbocycles. The standard InChI is InChI=1S/C21H24O7/c1-11(8-12(22)10-21(2,3)28)4-5-14(23)13-9-17(26)18-15(24)6-7-16(25)19(18)20(13)27/h4,6-7,9,14,23-25,28H,5,8,10H2,1-3H3/b11-4+/t14-/m0/s1. The van der Waals surface area contributed by atoms with E-state index in [1.54, 1.807) is 13.0 Å². The summed E-state index contributed by atoms with van der Waals surface area (Å²) in [7, 11) is 0. The van der Waals surface area contributed by atoms with E-state index in [4.69, 9.17) is 0 Å². The van der Waals surface area contributed by atoms with E-state index in [1.165, 1.54) is 13.8 Å². The van der Waals surface area contributed by atoms with Crippen LogP contribution in [0.4, 0.5) is 0 Å². The van der Waals surface area contributed by atoms with Crippen molar-refractivity contribution in [2.75, 3.05) is 0 Å². The number of phenols is 2. The van der Waals surface area contributed by atoms with Crippen molar-refractivity contribution in [3.05, 3.63) is 46.6 Å². The van der Waals surface area contributed by atoms with Crippen LogP contribution in [0, 0.1) is 0 Å². The highest BCUT2D eigenvalue weighted by atomic mass is 16.3. The molecule has 4 N–H and O–H groups in total. The molecule has 0 fully saturated rings. The molecule has 0 amide bonds. The van der Waals surface area contributed by atoms with Crippen LogP contribution in [0.1, 0.15) is 60.7 Å². The first-order valence-electron chi connectivity index (χ1n) is 8.84. The van der Waals surface area contributed by atoms with Gasteiger partial charge in [-0.1, -0.05) is 11.6 Å². The molecule has 0 aliphatic heterocycles. The molecule has 0 radical (unpaired) electrons. The maximum atomic E-state index is 12.6. The summed E-state index contributed by atoms with van der Waals surface area (Å²) in [5.41, 5.74) is -1.25. The Bertz CT molecular complexity index is 885. The lowest BCUT2D eigenvalue weighted by Gasteiger charge is -2.20. The van der Waals surface area contributed by atoms with Gasteiger partial charge >= 0.3 is 0 Å². The van der Waals surface area contributed by atoms with Gasteiger partial charge in [-0.2, -0.15) is 0 Å². The van der Waals surface area contributed by atoms with Crippen molar-refractivity contribution in [3.63, 3.8) is 0 Å². The molecular formula is C21H24O7. The first-order chi connectivity index (χ1) is 12.9. The summed E-state index contributed by atoms with van der Waals surface area (Å²) in [6.45, 7) is 4.77. The number of hydrogen-bond donors (Lipinski definition) is 4. The van der Waals surface area contributed by atoms with Crippen molar-refractivity contribution in [1.82, 2.24) is 0 Å². The van der Waals surface area contributed by atoms with Gasteiger partial charge < -0.3 is 20.4 Å². The van der Waals surface area contributed by atoms with E-state index in [0.29, 0.717) is 5.57 Å². The normalized spacial score (nSPS) is 15.9. The van der Waals surface area contributed by atoms with Crippen LogP contribution in [0.25, 0.3) is 0 Å². The number of Topliss-reactive ketones (excluding diaryl/α,β-unsaturated/α-hetero) is 2. The summed E-state index contributed by atoms with van der Waals surface area (Å²) >= 11 is 0. The van der Waals surface area contributed by atoms with Gasteiger partial charge in [0.15, 0.2) is 11.6 Å². The maximum absolute atomic E-state index is 12.6. The van der Waals surface area contributed by atoms with Gasteiger partial charge in [-0.25, -0.2) is 0 Å². The van der Waals surface area contributed by atoms with E-state index >= 15 is 0 Å². The lowest BCUT2D eigenvalue weighted by Crippen LogP contribution is -2.25. The predicted molar refractivity (Wildman–Crippen MR) is 101 cm³/mol. The zero-order valence-electron chi connectivity index (χ0n) is 16.0. The van der Waals surface area contributed by atoms with Crippen molar-refractivity contribution in [1.29, 1.82) is 0 Å². The third-order valence-corrected chi connectivity index (χ3v) is 4.34. The molecule has 0 spiro atoms. The number of rotatable bonds is 7. The van der Waals surface area contributed by atoms with Gasteiger partial charge in [-0.05, 0) is 45.4 Å². The number of allylic oxidation sites excluding steroid dienone is 2. The number of benzene rings is 1. The van der Waals surface area contributed by atoms with Crippen LogP contribution in [0.15, 0.2) is 35.4 Å². The Hall–Kier alpha value is -2.77. The van der Waals surface area contributed by atoms with Crippen LogP contribution in [-0.2, 0) is 4.79 Å². The molecular weight excluding hydrogens is 364 g/mol. The monoisotopic (exact) mass is 388 g/mol. The Morgan fingerprint density at radius 1 is 1.14 bits per heavy atom. The van der Waals surface area contributed by atoms with Crippen molar-refractivity contribution in [2.24, 2.45) is 0 Å². The van der Waals surface area contributed by atoms with Gasteiger partial charge in [0.2, 0.25) is 0 Å². The third-order valence-electron chi connectivity index (χ3n) is 4.34. The van der Waals surface area contributed by atoms with Crippen LogP contribution in [0.3, 0.4) is 0 Å². The number of aromatic hydroxyl groups is 2. The predicted octanol–water partition coefficient (Wildman–Crippen LogP) is 2.22. The molecule has 1 aliphatic rings. The highest BCUT2D eigenvalue weighted by molar-refractivity contribution is 6.26. The Morgan fingerprint density at radius 2 is 1.71 bits per heavy atom. The van der Waals surface area contributed by atoms with Crippen LogP contribution >= 0.6 is 0 Å². The second kappa shape index (κ2) is 8.08. The molecule has 0 heterocycles. The minimum Gasteiger partial charge on any atom is -0.507 e. The fourth-order valence-electron chi connectivity index (χ4n) is 3.10. The molecule has 1 aromatic rings. The average Bonchev–Trinajstić information content (AvgIpc) is 2.56. The Balaban J connectivity index is 2.14. The number of aliphatic hydroxyl groups excluding tert-OH is 1. The number of ketones is 3. The first kappa shape index (κ1) is 21.5. The first-order valence-corrected chi connectivity index (χ1v) is 8.84. The fraction of sp³-hybridized carbons (Fsp3) is 0.381. The smallest absolute Gasteiger partial charge is 0.196 e. The Labute approximate surface area is 162 Å². The largest absolute Gasteiger partial charge is 0.507 e. The molecule has 1 aromatic carbocycles. The molecule has 0 saturated heterocycles. The molecule has 1 aliphatic carbocycles. The van der Waals surface area contributed by atoms with Crippen LogP contribution < -0.4 is 0 Å². The van der Waals surface area contributed by atoms with Crippen molar-refractivity contribution in [2.45, 2.75) is 51.7 Å². The molecule has 2 rings (SSSR count). The molecule has 28 heavy (non-hydrogen) atoms. The van der Waals surface area contributed by atoms with Gasteiger partial charge in [0.05, 0.1) is 22.8 Å². The minimum atomic E-state index is -1.31. The second-order valence-electron chi connectivity index (χ2n) is 7.65. The average molecular weight is 388 g/mol. The zero-order valence-corrected chi connectivity index (χ0v) is 16.0. The zero-order chi connectivity index (χ0) is 21.2. The van der Waals surface area contributed by atoms with Crippen molar-refractivity contribution in [3.8, 4) is 11.5 Å². The highest BCUT2D eigenvalue weighted by Crippen LogP contribution is 2.35. The molecule has 0 bridgehead atoms. The summed E-state index contributed by atoms with van der Waals surface area (Å²) < 4.78 is 0. The van der Waals surface area contributed by atoms with Gasteiger partial charge in [-0.15, -0.1) is 0 Å². The summed E-state index contributed by atoms with van der Waals surface area (Å²) in [6, 6.07) is 2.22. The van der Waals surface area contributed by atoms with Gasteiger partial charge in [0.1, 0.15) is 17.3 Å². The number of hydrogen-bond acceptors (Lipinski definition) is 7. The van der Waals surface area contributed by atoms with E-state index in [0.717, 1.165) is 18.2 Å². The van der Waals surface area contributed by atoms with E-state index in [2.05, 4.69) is 0 Å². The van der Waals surface area contributed by atoms with Gasteiger partial charge in [0.25, 0.3) is 0 Å². The number of aliphatic hydroxyl groups is 2. The molecule has 1 atom stereocenters. The lowest BCUT2D eigenvalue weighted by molar-refractivity contribution is -0.122. The quantitative estimate of drug-likeness (QED) is 0.416. The van der Waals surface area contributed by atoms with E-state index in [-0.39, 0.29) is 41.7 Å². The topological polar surface area (TPSA) is 132 Å². The summed E-state index contributed by atoms with van der Waals surface area (Å²) in [4.78, 5) is 36.7. The van der Waals surface area contributed by atoms with Crippen molar-refractivity contribution < 1.29 is 34.8 Å². The van der Waals surface area contributed by atoms with E-state index in [1.807, 2.05) is 0 Å². The van der Waals surface area contributed by atoms with Gasteiger partial charge in [-0.3, -0.25) is 14.4 Å². The number of carbonyl (C=O) groups excluding carboxylic acids is 3. The lowest BCUT2D eigenvalue weighted by atomic mass is 9.85. The van der Waals surface area contributed by atoms with Crippen LogP contribution in [0.2, 0.25) is 0 Å². The SMILES string of the molecule is C/C(=C\C[C@H](O)C1=CC(=O)c2c(O)ccc(O)c2C1=O)CC(=O)CC(C)(C)O. The number of fused-ring (bicyclic) bond motifs is 1. The Morgan fingerprint density at radius 3 is 2.29 bits per heavy atom. The molecule has 7 nitrogen and oxygen atoms in total. The molecule has 0 unspecified atom stereocenters. The van der Waals surface area contributed by atoms with Gasteiger partial charge in [0, 0.05) is 18.4 Å². The van der Waals surface area contributed by atoms with Crippen LogP contribution in [0.5, 0.6) is 11.5 Å². The fourth-order valence-corrected chi connectivity index (χ4v) is 3.10. The Kier molecular flexibility index (Phi) is 6.21. The number of carbonyl (C=O) groups is 3. The highest BCUT2D eigenvalue weighted by Gasteiger charge is 2.33. The maximum Gasteiger partial charge on any atom is 0.196 e. The number of phenolic OH excluding ortho intramolecular Hbond substituents is 2. The summed E-state index contributed by atoms with van der Waals surface area (Å²) in [5, 5.41) is 39.7. The minimum absolute atomic E-state index is 0.00156. The molecule has 7 heteroatoms. The summed E-state index contributed by atoms with van der Waals surface area (Å²) in [5.74, 6) is -2.45. The molecule has 150 valence electrons. The van der Waals surface area contributed by atoms with Crippen molar-refractivity contribution >= 4 is 17.3 Å². The summed E-state index contributed by atoms with van der Waals surface area (Å²) in [6.07, 6.45) is 1.31. The second-order valence-corrected chi connectivity index (χ2v) is 7.65.